The number of halogens is 5. The van der Waals surface area contributed by atoms with E-state index in [2.05, 4.69) is 25.5 Å². The summed E-state index contributed by atoms with van der Waals surface area (Å²) in [4.78, 5) is 22.4. The van der Waals surface area contributed by atoms with E-state index in [1.807, 2.05) is 0 Å². The SMILES string of the molecule is CCOc1cc(CN2CCC(Nc3ncc(C(=O)Nc4ccc(Cl)cc4)c(C(F)(F)F)n3)CC2)cc(OCC)c1F. The molecule has 1 aliphatic heterocycles. The van der Waals surface area contributed by atoms with Crippen LogP contribution in [0.1, 0.15) is 48.3 Å². The molecule has 1 saturated heterocycles. The summed E-state index contributed by atoms with van der Waals surface area (Å²) in [7, 11) is 0. The highest BCUT2D eigenvalue weighted by molar-refractivity contribution is 6.30. The van der Waals surface area contributed by atoms with Crippen LogP contribution in [0.25, 0.3) is 0 Å². The highest BCUT2D eigenvalue weighted by Gasteiger charge is 2.38. The Labute approximate surface area is 240 Å². The van der Waals surface area contributed by atoms with Crippen molar-refractivity contribution in [3.05, 3.63) is 70.3 Å². The molecule has 2 heterocycles. The van der Waals surface area contributed by atoms with E-state index < -0.39 is 29.2 Å². The van der Waals surface area contributed by atoms with Crippen molar-refractivity contribution in [3.8, 4) is 11.5 Å². The number of hydrogen-bond donors (Lipinski definition) is 2. The van der Waals surface area contributed by atoms with Crippen LogP contribution >= 0.6 is 11.6 Å². The van der Waals surface area contributed by atoms with Gasteiger partial charge in [0, 0.05) is 42.6 Å². The minimum absolute atomic E-state index is 0.132. The third kappa shape index (κ3) is 7.98. The van der Waals surface area contributed by atoms with Gasteiger partial charge in [0.15, 0.2) is 17.2 Å². The Morgan fingerprint density at radius 2 is 1.68 bits per heavy atom. The molecule has 13 heteroatoms. The largest absolute Gasteiger partial charge is 0.491 e. The lowest BCUT2D eigenvalue weighted by Gasteiger charge is -2.32. The van der Waals surface area contributed by atoms with Gasteiger partial charge < -0.3 is 20.1 Å². The first kappa shape index (κ1) is 30.3. The van der Waals surface area contributed by atoms with Gasteiger partial charge in [-0.15, -0.1) is 0 Å². The fraction of sp³-hybridized carbons (Fsp3) is 0.393. The van der Waals surface area contributed by atoms with Crippen LogP contribution in [0.4, 0.5) is 29.2 Å². The van der Waals surface area contributed by atoms with Gasteiger partial charge in [-0.2, -0.15) is 17.6 Å². The third-order valence-corrected chi connectivity index (χ3v) is 6.65. The number of rotatable bonds is 10. The molecule has 1 amide bonds. The molecule has 3 aromatic rings. The molecule has 1 aromatic heterocycles. The standard InChI is InChI=1S/C28H30ClF4N5O3/c1-3-40-22-13-17(14-23(24(22)30)41-4-2)16-38-11-9-20(10-12-38)36-27-34-15-21(25(37-27)28(31,32)33)26(39)35-19-7-5-18(29)6-8-19/h5-8,13-15,20H,3-4,9-12,16H2,1-2H3,(H,35,39)(H,34,36,37). The fourth-order valence-electron chi connectivity index (χ4n) is 4.48. The molecule has 1 aliphatic rings. The summed E-state index contributed by atoms with van der Waals surface area (Å²) in [6.07, 6.45) is -2.77. The minimum atomic E-state index is -4.87. The lowest BCUT2D eigenvalue weighted by atomic mass is 10.0. The van der Waals surface area contributed by atoms with E-state index in [1.165, 1.54) is 24.3 Å². The van der Waals surface area contributed by atoms with Gasteiger partial charge in [0.1, 0.15) is 0 Å². The van der Waals surface area contributed by atoms with Gasteiger partial charge in [-0.3, -0.25) is 9.69 Å². The number of amides is 1. The average Bonchev–Trinajstić information content (AvgIpc) is 2.93. The molecule has 220 valence electrons. The van der Waals surface area contributed by atoms with Crippen molar-refractivity contribution in [2.24, 2.45) is 0 Å². The molecule has 1 fully saturated rings. The Balaban J connectivity index is 1.40. The van der Waals surface area contributed by atoms with Crippen LogP contribution in [0, 0.1) is 5.82 Å². The monoisotopic (exact) mass is 595 g/mol. The lowest BCUT2D eigenvalue weighted by molar-refractivity contribution is -0.141. The number of alkyl halides is 3. The summed E-state index contributed by atoms with van der Waals surface area (Å²) in [5.74, 6) is -1.46. The summed E-state index contributed by atoms with van der Waals surface area (Å²) < 4.78 is 66.9. The summed E-state index contributed by atoms with van der Waals surface area (Å²) >= 11 is 5.82. The van der Waals surface area contributed by atoms with Gasteiger partial charge in [-0.25, -0.2) is 9.97 Å². The second-order valence-corrected chi connectivity index (χ2v) is 9.82. The van der Waals surface area contributed by atoms with Crippen molar-refractivity contribution >= 4 is 29.1 Å². The van der Waals surface area contributed by atoms with E-state index >= 15 is 0 Å². The van der Waals surface area contributed by atoms with Crippen LogP contribution in [0.5, 0.6) is 11.5 Å². The molecule has 0 saturated carbocycles. The van der Waals surface area contributed by atoms with Crippen LogP contribution in [-0.4, -0.2) is 53.1 Å². The predicted octanol–water partition coefficient (Wildman–Crippen LogP) is 6.41. The van der Waals surface area contributed by atoms with E-state index in [1.54, 1.807) is 26.0 Å². The van der Waals surface area contributed by atoms with Gasteiger partial charge in [0.2, 0.25) is 11.8 Å². The molecule has 41 heavy (non-hydrogen) atoms. The Bertz CT molecular complexity index is 1320. The van der Waals surface area contributed by atoms with Crippen LogP contribution in [-0.2, 0) is 12.7 Å². The maximum absolute atomic E-state index is 14.6. The second kappa shape index (κ2) is 13.3. The number of carbonyl (C=O) groups is 1. The van der Waals surface area contributed by atoms with Gasteiger partial charge in [-0.1, -0.05) is 11.6 Å². The molecule has 0 unspecified atom stereocenters. The van der Waals surface area contributed by atoms with E-state index in [0.717, 1.165) is 11.8 Å². The first-order chi connectivity index (χ1) is 19.6. The zero-order valence-corrected chi connectivity index (χ0v) is 23.3. The summed E-state index contributed by atoms with van der Waals surface area (Å²) in [6, 6.07) is 9.10. The van der Waals surface area contributed by atoms with Crippen molar-refractivity contribution in [3.63, 3.8) is 0 Å². The zero-order chi connectivity index (χ0) is 29.6. The topological polar surface area (TPSA) is 88.6 Å². The highest BCUT2D eigenvalue weighted by atomic mass is 35.5. The minimum Gasteiger partial charge on any atom is -0.491 e. The van der Waals surface area contributed by atoms with Crippen molar-refractivity contribution in [2.75, 3.05) is 36.9 Å². The number of nitrogens with zero attached hydrogens (tertiary/aromatic N) is 3. The summed E-state index contributed by atoms with van der Waals surface area (Å²) in [5.41, 5.74) is -0.906. The third-order valence-electron chi connectivity index (χ3n) is 6.40. The number of ether oxygens (including phenoxy) is 2. The zero-order valence-electron chi connectivity index (χ0n) is 22.5. The van der Waals surface area contributed by atoms with Crippen molar-refractivity contribution in [1.82, 2.24) is 14.9 Å². The number of aromatic nitrogens is 2. The maximum Gasteiger partial charge on any atom is 0.434 e. The smallest absolute Gasteiger partial charge is 0.434 e. The van der Waals surface area contributed by atoms with Crippen LogP contribution in [0.15, 0.2) is 42.6 Å². The Hall–Kier alpha value is -3.64. The molecule has 2 aromatic carbocycles. The number of benzene rings is 2. The molecule has 0 aliphatic carbocycles. The van der Waals surface area contributed by atoms with Gasteiger partial charge in [0.05, 0.1) is 18.8 Å². The van der Waals surface area contributed by atoms with Gasteiger partial charge in [0.25, 0.3) is 5.91 Å². The van der Waals surface area contributed by atoms with Crippen molar-refractivity contribution in [1.29, 1.82) is 0 Å². The number of likely N-dealkylation sites (tertiary alicyclic amines) is 1. The first-order valence-electron chi connectivity index (χ1n) is 13.2. The van der Waals surface area contributed by atoms with Crippen LogP contribution in [0.3, 0.4) is 0 Å². The number of piperidine rings is 1. The van der Waals surface area contributed by atoms with E-state index in [9.17, 15) is 22.4 Å². The van der Waals surface area contributed by atoms with Crippen LogP contribution < -0.4 is 20.1 Å². The van der Waals surface area contributed by atoms with Crippen molar-refractivity contribution in [2.45, 2.75) is 45.5 Å². The molecular weight excluding hydrogens is 566 g/mol. The van der Waals surface area contributed by atoms with Crippen LogP contribution in [0.2, 0.25) is 5.02 Å². The average molecular weight is 596 g/mol. The molecule has 8 nitrogen and oxygen atoms in total. The van der Waals surface area contributed by atoms with Gasteiger partial charge in [-0.05, 0) is 68.7 Å². The number of anilines is 2. The molecular formula is C28H30ClF4N5O3. The molecule has 0 bridgehead atoms. The predicted molar refractivity (Wildman–Crippen MR) is 147 cm³/mol. The number of nitrogens with one attached hydrogen (secondary N) is 2. The Morgan fingerprint density at radius 3 is 2.24 bits per heavy atom. The van der Waals surface area contributed by atoms with E-state index in [0.29, 0.717) is 50.7 Å². The second-order valence-electron chi connectivity index (χ2n) is 9.38. The molecule has 0 atom stereocenters. The number of hydrogen-bond acceptors (Lipinski definition) is 7. The summed E-state index contributed by atoms with van der Waals surface area (Å²) in [5, 5.41) is 5.80. The van der Waals surface area contributed by atoms with E-state index in [4.69, 9.17) is 21.1 Å². The van der Waals surface area contributed by atoms with E-state index in [-0.39, 0.29) is 29.2 Å². The van der Waals surface area contributed by atoms with Crippen molar-refractivity contribution < 1.29 is 31.8 Å². The number of carbonyl (C=O) groups excluding carboxylic acids is 1. The fourth-order valence-corrected chi connectivity index (χ4v) is 4.61. The Morgan fingerprint density at radius 1 is 1.07 bits per heavy atom. The summed E-state index contributed by atoms with van der Waals surface area (Å²) in [6.45, 7) is 5.97. The van der Waals surface area contributed by atoms with Gasteiger partial charge >= 0.3 is 6.18 Å². The molecule has 4 rings (SSSR count). The lowest BCUT2D eigenvalue weighted by Crippen LogP contribution is -2.39. The normalized spacial score (nSPS) is 14.5. The molecule has 2 N–H and O–H groups in total. The highest BCUT2D eigenvalue weighted by Crippen LogP contribution is 2.32. The Kier molecular flexibility index (Phi) is 9.87. The molecule has 0 spiro atoms. The quantitative estimate of drug-likeness (QED) is 0.262. The maximum atomic E-state index is 14.6. The first-order valence-corrected chi connectivity index (χ1v) is 13.5. The molecule has 0 radical (unpaired) electrons.